The molecule has 4 heteroatoms. The number of rotatable bonds is 3. The summed E-state index contributed by atoms with van der Waals surface area (Å²) in [5.41, 5.74) is 1.79. The molecule has 0 aliphatic heterocycles. The van der Waals surface area contributed by atoms with Crippen molar-refractivity contribution in [3.8, 4) is 20.3 Å². The molecule has 3 aromatic rings. The van der Waals surface area contributed by atoms with Gasteiger partial charge < -0.3 is 4.57 Å². The second-order valence-electron chi connectivity index (χ2n) is 3.96. The van der Waals surface area contributed by atoms with Crippen molar-refractivity contribution in [1.29, 1.82) is 0 Å². The van der Waals surface area contributed by atoms with Gasteiger partial charge >= 0.3 is 0 Å². The molecule has 0 saturated carbocycles. The largest absolute Gasteiger partial charge is 0.341 e. The van der Waals surface area contributed by atoms with Gasteiger partial charge in [-0.05, 0) is 35.7 Å². The van der Waals surface area contributed by atoms with Crippen molar-refractivity contribution in [3.05, 3.63) is 47.5 Å². The first-order valence-electron chi connectivity index (χ1n) is 5.54. The Kier molecular flexibility index (Phi) is 2.89. The van der Waals surface area contributed by atoms with Crippen LogP contribution in [-0.2, 0) is 7.05 Å². The van der Waals surface area contributed by atoms with Gasteiger partial charge in [0.1, 0.15) is 0 Å². The fourth-order valence-corrected chi connectivity index (χ4v) is 3.82. The summed E-state index contributed by atoms with van der Waals surface area (Å²) in [7, 11) is 1.92. The molecule has 0 spiro atoms. The van der Waals surface area contributed by atoms with Gasteiger partial charge in [0.15, 0.2) is 6.29 Å². The van der Waals surface area contributed by atoms with Crippen LogP contribution in [0.1, 0.15) is 10.5 Å². The highest BCUT2D eigenvalue weighted by Gasteiger charge is 2.10. The molecule has 0 fully saturated rings. The number of carbonyl (C=O) groups is 1. The van der Waals surface area contributed by atoms with Crippen LogP contribution in [0.4, 0.5) is 0 Å². The lowest BCUT2D eigenvalue weighted by Gasteiger charge is -2.01. The van der Waals surface area contributed by atoms with E-state index in [1.807, 2.05) is 23.7 Å². The van der Waals surface area contributed by atoms with Gasteiger partial charge in [-0.25, -0.2) is 0 Å². The van der Waals surface area contributed by atoms with Crippen LogP contribution < -0.4 is 0 Å². The summed E-state index contributed by atoms with van der Waals surface area (Å²) in [6, 6.07) is 12.3. The maximum Gasteiger partial charge on any atom is 0.166 e. The topological polar surface area (TPSA) is 22.0 Å². The van der Waals surface area contributed by atoms with Gasteiger partial charge in [0, 0.05) is 16.8 Å². The fourth-order valence-electron chi connectivity index (χ4n) is 1.92. The number of aromatic nitrogens is 1. The standard InChI is InChI=1S/C14H11NOS2/c1-15-10(9-16)4-5-11(15)12-6-7-14(18-12)13-3-2-8-17-13/h2-9H,1H3. The summed E-state index contributed by atoms with van der Waals surface area (Å²) in [4.78, 5) is 14.6. The SMILES string of the molecule is Cn1c(C=O)ccc1-c1ccc(-c2cccs2)s1. The highest BCUT2D eigenvalue weighted by molar-refractivity contribution is 7.23. The van der Waals surface area contributed by atoms with Crippen LogP contribution in [0.25, 0.3) is 20.3 Å². The Morgan fingerprint density at radius 1 is 1.06 bits per heavy atom. The van der Waals surface area contributed by atoms with Crippen LogP contribution in [0.2, 0.25) is 0 Å². The van der Waals surface area contributed by atoms with Gasteiger partial charge in [0.25, 0.3) is 0 Å². The van der Waals surface area contributed by atoms with Crippen LogP contribution in [0, 0.1) is 0 Å². The molecule has 2 nitrogen and oxygen atoms in total. The molecular formula is C14H11NOS2. The quantitative estimate of drug-likeness (QED) is 0.652. The van der Waals surface area contributed by atoms with Gasteiger partial charge in [0.2, 0.25) is 0 Å². The zero-order valence-corrected chi connectivity index (χ0v) is 11.4. The molecule has 0 N–H and O–H groups in total. The van der Waals surface area contributed by atoms with Gasteiger partial charge in [-0.3, -0.25) is 4.79 Å². The number of carbonyl (C=O) groups excluding carboxylic acids is 1. The van der Waals surface area contributed by atoms with Crippen molar-refractivity contribution in [1.82, 2.24) is 4.57 Å². The first kappa shape index (κ1) is 11.4. The third-order valence-electron chi connectivity index (χ3n) is 2.90. The number of aldehydes is 1. The molecule has 0 amide bonds. The molecule has 0 unspecified atom stereocenters. The molecule has 0 atom stereocenters. The Morgan fingerprint density at radius 2 is 1.89 bits per heavy atom. The van der Waals surface area contributed by atoms with E-state index in [0.717, 1.165) is 12.0 Å². The van der Waals surface area contributed by atoms with Crippen molar-refractivity contribution < 1.29 is 4.79 Å². The van der Waals surface area contributed by atoms with Crippen molar-refractivity contribution >= 4 is 29.0 Å². The zero-order valence-electron chi connectivity index (χ0n) is 9.79. The zero-order chi connectivity index (χ0) is 12.5. The smallest absolute Gasteiger partial charge is 0.166 e. The van der Waals surface area contributed by atoms with E-state index >= 15 is 0 Å². The van der Waals surface area contributed by atoms with E-state index in [1.54, 1.807) is 22.7 Å². The highest BCUT2D eigenvalue weighted by Crippen LogP contribution is 2.36. The predicted molar refractivity (Wildman–Crippen MR) is 77.4 cm³/mol. The van der Waals surface area contributed by atoms with Crippen LogP contribution in [0.15, 0.2) is 41.8 Å². The molecule has 3 heterocycles. The second-order valence-corrected chi connectivity index (χ2v) is 5.99. The minimum Gasteiger partial charge on any atom is -0.341 e. The number of thiophene rings is 2. The van der Waals surface area contributed by atoms with Gasteiger partial charge in [-0.1, -0.05) is 6.07 Å². The maximum atomic E-state index is 10.8. The third-order valence-corrected chi connectivity index (χ3v) is 5.08. The number of nitrogens with zero attached hydrogens (tertiary/aromatic N) is 1. The molecule has 0 radical (unpaired) electrons. The minimum absolute atomic E-state index is 0.705. The normalized spacial score (nSPS) is 10.7. The molecule has 18 heavy (non-hydrogen) atoms. The van der Waals surface area contributed by atoms with Crippen molar-refractivity contribution in [2.45, 2.75) is 0 Å². The molecule has 0 saturated heterocycles. The van der Waals surface area contributed by atoms with Crippen molar-refractivity contribution in [3.63, 3.8) is 0 Å². The molecule has 3 rings (SSSR count). The maximum absolute atomic E-state index is 10.8. The van der Waals surface area contributed by atoms with E-state index < -0.39 is 0 Å². The summed E-state index contributed by atoms with van der Waals surface area (Å²) in [6.45, 7) is 0. The number of hydrogen-bond acceptors (Lipinski definition) is 3. The predicted octanol–water partition coefficient (Wildman–Crippen LogP) is 4.29. The van der Waals surface area contributed by atoms with Gasteiger partial charge in [0.05, 0.1) is 16.3 Å². The summed E-state index contributed by atoms with van der Waals surface area (Å²) >= 11 is 3.50. The van der Waals surface area contributed by atoms with Crippen LogP contribution in [-0.4, -0.2) is 10.9 Å². The van der Waals surface area contributed by atoms with E-state index in [0.29, 0.717) is 5.69 Å². The molecule has 90 valence electrons. The van der Waals surface area contributed by atoms with E-state index in [1.165, 1.54) is 14.6 Å². The Hall–Kier alpha value is -1.65. The average molecular weight is 273 g/mol. The van der Waals surface area contributed by atoms with Crippen LogP contribution in [0.3, 0.4) is 0 Å². The second kappa shape index (κ2) is 4.55. The lowest BCUT2D eigenvalue weighted by Crippen LogP contribution is -1.95. The minimum atomic E-state index is 0.705. The van der Waals surface area contributed by atoms with Gasteiger partial charge in [-0.2, -0.15) is 0 Å². The third kappa shape index (κ3) is 1.83. The Morgan fingerprint density at radius 3 is 2.56 bits per heavy atom. The van der Waals surface area contributed by atoms with Crippen molar-refractivity contribution in [2.24, 2.45) is 7.05 Å². The Balaban J connectivity index is 2.03. The molecule has 0 bridgehead atoms. The average Bonchev–Trinajstić information content (AvgIpc) is 3.08. The van der Waals surface area contributed by atoms with E-state index in [9.17, 15) is 4.79 Å². The highest BCUT2D eigenvalue weighted by atomic mass is 32.1. The Labute approximate surface area is 113 Å². The number of hydrogen-bond donors (Lipinski definition) is 0. The summed E-state index contributed by atoms with van der Waals surface area (Å²) in [5, 5.41) is 2.09. The van der Waals surface area contributed by atoms with E-state index in [2.05, 4.69) is 29.6 Å². The first-order valence-corrected chi connectivity index (χ1v) is 7.24. The lowest BCUT2D eigenvalue weighted by atomic mass is 10.3. The summed E-state index contributed by atoms with van der Waals surface area (Å²) in [6.07, 6.45) is 0.886. The van der Waals surface area contributed by atoms with Crippen LogP contribution >= 0.6 is 22.7 Å². The monoisotopic (exact) mass is 273 g/mol. The molecule has 0 aromatic carbocycles. The van der Waals surface area contributed by atoms with Crippen molar-refractivity contribution in [2.75, 3.05) is 0 Å². The van der Waals surface area contributed by atoms with Crippen LogP contribution in [0.5, 0.6) is 0 Å². The van der Waals surface area contributed by atoms with E-state index in [4.69, 9.17) is 0 Å². The molecule has 0 aliphatic carbocycles. The first-order chi connectivity index (χ1) is 8.79. The van der Waals surface area contributed by atoms with Gasteiger partial charge in [-0.15, -0.1) is 22.7 Å². The molecular weight excluding hydrogens is 262 g/mol. The fraction of sp³-hybridized carbons (Fsp3) is 0.0714. The summed E-state index contributed by atoms with van der Waals surface area (Å²) in [5.74, 6) is 0. The lowest BCUT2D eigenvalue weighted by molar-refractivity contribution is 0.111. The Bertz CT molecular complexity index is 677. The molecule has 0 aliphatic rings. The van der Waals surface area contributed by atoms with E-state index in [-0.39, 0.29) is 0 Å². The summed E-state index contributed by atoms with van der Waals surface area (Å²) < 4.78 is 1.93. The molecule has 3 aromatic heterocycles.